The number of esters is 2. The Morgan fingerprint density at radius 1 is 0.930 bits per heavy atom. The number of Topliss-reactive ketones (excluding diaryl/α,β-unsaturated/α-hetero) is 1. The monoisotopic (exact) mass is 612 g/mol. The highest BCUT2D eigenvalue weighted by Gasteiger charge is 2.78. The van der Waals surface area contributed by atoms with Crippen LogP contribution in [0.25, 0.3) is 0 Å². The van der Waals surface area contributed by atoms with Crippen molar-refractivity contribution in [1.29, 1.82) is 0 Å². The zero-order chi connectivity index (χ0) is 31.7. The maximum absolute atomic E-state index is 14.1. The molecule has 16 heteroatoms. The van der Waals surface area contributed by atoms with Crippen LogP contribution in [0, 0.1) is 12.8 Å². The average Bonchev–Trinajstić information content (AvgIpc) is 3.19. The molecule has 1 amide bonds. The Kier molecular flexibility index (Phi) is 6.59. The number of aryl methyl sites for hydroxylation is 1. The number of fused-ring (bicyclic) bond motifs is 5. The molecule has 10 nitrogen and oxygen atoms in total. The Labute approximate surface area is 237 Å². The number of alkyl halides is 6. The van der Waals surface area contributed by atoms with Gasteiger partial charge >= 0.3 is 24.3 Å². The number of nitrogens with zero attached hydrogens (tertiary/aromatic N) is 2. The molecule has 4 atom stereocenters. The van der Waals surface area contributed by atoms with E-state index in [0.717, 1.165) is 30.5 Å². The second-order valence-electron chi connectivity index (χ2n) is 10.0. The highest BCUT2D eigenvalue weighted by molar-refractivity contribution is 6.21. The number of carbonyl (C=O) groups excluding carboxylic acids is 5. The number of phenols is 1. The zero-order valence-corrected chi connectivity index (χ0v) is 21.6. The lowest BCUT2D eigenvalue weighted by Gasteiger charge is -2.44. The first-order valence-corrected chi connectivity index (χ1v) is 12.3. The molecular formula is C27H18F6N2O8. The van der Waals surface area contributed by atoms with Crippen molar-refractivity contribution in [1.82, 2.24) is 10.0 Å². The van der Waals surface area contributed by atoms with Crippen LogP contribution in [0.3, 0.4) is 0 Å². The van der Waals surface area contributed by atoms with E-state index in [1.165, 1.54) is 18.2 Å². The van der Waals surface area contributed by atoms with Crippen LogP contribution in [-0.4, -0.2) is 68.7 Å². The first kappa shape index (κ1) is 29.6. The van der Waals surface area contributed by atoms with Gasteiger partial charge in [-0.15, -0.1) is 0 Å². The number of rotatable bonds is 5. The van der Waals surface area contributed by atoms with Crippen LogP contribution in [0.4, 0.5) is 26.3 Å². The summed E-state index contributed by atoms with van der Waals surface area (Å²) in [6, 6.07) is 7.44. The van der Waals surface area contributed by atoms with Gasteiger partial charge in [0.2, 0.25) is 11.5 Å². The fourth-order valence-electron chi connectivity index (χ4n) is 5.64. The van der Waals surface area contributed by atoms with Crippen molar-refractivity contribution in [2.24, 2.45) is 5.92 Å². The van der Waals surface area contributed by atoms with Crippen molar-refractivity contribution in [2.45, 2.75) is 43.1 Å². The molecule has 4 unspecified atom stereocenters. The average molecular weight is 612 g/mol. The van der Waals surface area contributed by atoms with Gasteiger partial charge in [0.15, 0.2) is 5.78 Å². The van der Waals surface area contributed by atoms with E-state index in [9.17, 15) is 55.4 Å². The highest BCUT2D eigenvalue weighted by Crippen LogP contribution is 2.54. The molecule has 0 saturated carbocycles. The van der Waals surface area contributed by atoms with E-state index < -0.39 is 82.8 Å². The quantitative estimate of drug-likeness (QED) is 0.308. The number of hydrogen-bond donors (Lipinski definition) is 1. The molecule has 226 valence electrons. The minimum absolute atomic E-state index is 0.205. The minimum Gasteiger partial charge on any atom is -0.508 e. The number of amides is 1. The number of halogens is 6. The summed E-state index contributed by atoms with van der Waals surface area (Å²) in [6.45, 7) is 1.63. The first-order valence-electron chi connectivity index (χ1n) is 12.3. The van der Waals surface area contributed by atoms with E-state index in [4.69, 9.17) is 4.74 Å². The number of aromatic hydroxyl groups is 1. The molecule has 3 aliphatic heterocycles. The lowest BCUT2D eigenvalue weighted by atomic mass is 9.76. The van der Waals surface area contributed by atoms with Crippen molar-refractivity contribution in [2.75, 3.05) is 0 Å². The van der Waals surface area contributed by atoms with Crippen molar-refractivity contribution in [3.05, 3.63) is 77.5 Å². The summed E-state index contributed by atoms with van der Waals surface area (Å²) in [5.41, 5.74) is -6.06. The standard InChI is InChI=1S/C27H18F6N2O8/c1-13-4-2-5-14(10-13)12-24(42-22(40)26(28,29)30)18-17(37)8-9-34(24)35-19(18)20(38)25(21(35)39,43-23(41)27(31,32)33)15-6-3-7-16(36)11-15/h2-11,18-19,36H,12H2,1H3. The van der Waals surface area contributed by atoms with E-state index >= 15 is 0 Å². The van der Waals surface area contributed by atoms with Crippen LogP contribution in [-0.2, 0) is 45.5 Å². The Bertz CT molecular complexity index is 1600. The van der Waals surface area contributed by atoms with Crippen LogP contribution in [0.2, 0.25) is 0 Å². The Balaban J connectivity index is 1.72. The van der Waals surface area contributed by atoms with Crippen LogP contribution in [0.15, 0.2) is 60.8 Å². The van der Waals surface area contributed by atoms with Crippen molar-refractivity contribution < 1.29 is 64.9 Å². The molecule has 2 bridgehead atoms. The highest BCUT2D eigenvalue weighted by atomic mass is 19.4. The fourth-order valence-corrected chi connectivity index (χ4v) is 5.64. The van der Waals surface area contributed by atoms with Crippen LogP contribution in [0.5, 0.6) is 5.75 Å². The van der Waals surface area contributed by atoms with Gasteiger partial charge in [-0.1, -0.05) is 42.0 Å². The molecule has 0 spiro atoms. The smallest absolute Gasteiger partial charge is 0.491 e. The molecule has 2 aromatic rings. The summed E-state index contributed by atoms with van der Waals surface area (Å²) in [5, 5.41) is 10.9. The largest absolute Gasteiger partial charge is 0.508 e. The summed E-state index contributed by atoms with van der Waals surface area (Å²) in [7, 11) is 0. The predicted octanol–water partition coefficient (Wildman–Crippen LogP) is 2.77. The summed E-state index contributed by atoms with van der Waals surface area (Å²) in [5.74, 6) is -13.0. The number of ketones is 2. The van der Waals surface area contributed by atoms with Crippen molar-refractivity contribution in [3.8, 4) is 5.75 Å². The number of allylic oxidation sites excluding steroid dienone is 1. The predicted molar refractivity (Wildman–Crippen MR) is 127 cm³/mol. The second kappa shape index (κ2) is 9.57. The van der Waals surface area contributed by atoms with Gasteiger partial charge in [0.25, 0.3) is 11.5 Å². The van der Waals surface area contributed by atoms with Crippen molar-refractivity contribution >= 4 is 29.4 Å². The van der Waals surface area contributed by atoms with Crippen molar-refractivity contribution in [3.63, 3.8) is 0 Å². The molecule has 43 heavy (non-hydrogen) atoms. The molecule has 3 aliphatic rings. The number of hydrogen-bond acceptors (Lipinski definition) is 9. The van der Waals surface area contributed by atoms with Crippen LogP contribution < -0.4 is 0 Å². The summed E-state index contributed by atoms with van der Waals surface area (Å²) >= 11 is 0. The fraction of sp³-hybridized carbons (Fsp3) is 0.296. The van der Waals surface area contributed by atoms with Crippen LogP contribution in [0.1, 0.15) is 16.7 Å². The van der Waals surface area contributed by atoms with E-state index in [-0.39, 0.29) is 5.56 Å². The van der Waals surface area contributed by atoms with E-state index in [1.54, 1.807) is 13.0 Å². The van der Waals surface area contributed by atoms with Gasteiger partial charge in [-0.25, -0.2) is 19.6 Å². The van der Waals surface area contributed by atoms with Crippen LogP contribution >= 0.6 is 0 Å². The first-order chi connectivity index (χ1) is 19.9. The normalized spacial score (nSPS) is 26.5. The molecule has 3 heterocycles. The van der Waals surface area contributed by atoms with E-state index in [0.29, 0.717) is 21.6 Å². The molecule has 0 aliphatic carbocycles. The SMILES string of the molecule is Cc1cccc(CC2(OC(=O)C(F)(F)F)C3C(=O)C=CN2N2C(=O)C(OC(=O)C(F)(F)F)(c4cccc(O)c4)C(=O)C32)c1. The van der Waals surface area contributed by atoms with E-state index in [2.05, 4.69) is 4.74 Å². The molecule has 1 N–H and O–H groups in total. The maximum Gasteiger partial charge on any atom is 0.491 e. The van der Waals surface area contributed by atoms with Gasteiger partial charge < -0.3 is 14.6 Å². The van der Waals surface area contributed by atoms with Gasteiger partial charge in [-0.3, -0.25) is 14.4 Å². The Morgan fingerprint density at radius 2 is 1.56 bits per heavy atom. The van der Waals surface area contributed by atoms with Gasteiger partial charge in [0.1, 0.15) is 17.7 Å². The second-order valence-corrected chi connectivity index (χ2v) is 10.0. The Morgan fingerprint density at radius 3 is 2.16 bits per heavy atom. The third kappa shape index (κ3) is 4.47. The maximum atomic E-state index is 14.1. The summed E-state index contributed by atoms with van der Waals surface area (Å²) in [4.78, 5) is 65.7. The molecule has 2 saturated heterocycles. The molecule has 0 radical (unpaired) electrons. The summed E-state index contributed by atoms with van der Waals surface area (Å²) in [6.07, 6.45) is -10.5. The zero-order valence-electron chi connectivity index (χ0n) is 21.6. The number of benzene rings is 2. The number of phenolic OH excluding ortho intramolecular Hbond substituents is 1. The molecule has 5 rings (SSSR count). The third-order valence-corrected chi connectivity index (χ3v) is 7.27. The third-order valence-electron chi connectivity index (χ3n) is 7.27. The van der Waals surface area contributed by atoms with E-state index in [1.807, 2.05) is 0 Å². The summed E-state index contributed by atoms with van der Waals surface area (Å²) < 4.78 is 90.0. The molecule has 0 aromatic heterocycles. The number of carbonyl (C=O) groups is 5. The molecule has 2 aromatic carbocycles. The van der Waals surface area contributed by atoms with Gasteiger partial charge in [0, 0.05) is 18.2 Å². The van der Waals surface area contributed by atoms with Gasteiger partial charge in [-0.2, -0.15) is 26.3 Å². The lowest BCUT2D eigenvalue weighted by Crippen LogP contribution is -2.61. The molecular weight excluding hydrogens is 594 g/mol. The number of ether oxygens (including phenoxy) is 2. The Hall–Kier alpha value is -4.89. The van der Waals surface area contributed by atoms with Gasteiger partial charge in [-0.05, 0) is 30.7 Å². The minimum atomic E-state index is -5.72. The lowest BCUT2D eigenvalue weighted by molar-refractivity contribution is -0.241. The topological polar surface area (TPSA) is 131 Å². The molecule has 2 fully saturated rings. The number of hydrazine groups is 1. The van der Waals surface area contributed by atoms with Gasteiger partial charge in [0.05, 0.1) is 0 Å².